The second-order valence-corrected chi connectivity index (χ2v) is 11.3. The van der Waals surface area contributed by atoms with E-state index in [0.29, 0.717) is 0 Å². The third kappa shape index (κ3) is 3.94. The van der Waals surface area contributed by atoms with Gasteiger partial charge >= 0.3 is 0 Å². The maximum absolute atomic E-state index is 6.06. The summed E-state index contributed by atoms with van der Waals surface area (Å²) in [5.74, 6) is 0. The first-order valence-corrected chi connectivity index (χ1v) is 14.9. The molecule has 0 spiro atoms. The van der Waals surface area contributed by atoms with E-state index in [4.69, 9.17) is 4.42 Å². The summed E-state index contributed by atoms with van der Waals surface area (Å²) >= 11 is 0. The molecule has 0 bridgehead atoms. The van der Waals surface area contributed by atoms with Gasteiger partial charge in [-0.05, 0) is 88.0 Å². The highest BCUT2D eigenvalue weighted by atomic mass is 16.3. The number of pyridine rings is 1. The Kier molecular flexibility index (Phi) is 5.50. The van der Waals surface area contributed by atoms with Gasteiger partial charge in [-0.3, -0.25) is 4.98 Å². The maximum atomic E-state index is 6.06. The lowest BCUT2D eigenvalue weighted by molar-refractivity contribution is 0.669. The molecule has 3 aromatic heterocycles. The molecule has 3 heteroatoms. The highest BCUT2D eigenvalue weighted by Crippen LogP contribution is 2.36. The standard InChI is InChI=1S/C41H26N2O/c1-3-16-38-34(14-1)35-20-21-42-26-39(35)43(38)33-13-7-12-31(24-33)29-10-5-8-27(22-29)28-9-6-11-30(23-28)32-18-19-41-37(25-32)36-15-2-4-17-40(36)44-41/h1-26H. The number of hydrogen-bond acceptors (Lipinski definition) is 2. The van der Waals surface area contributed by atoms with Gasteiger partial charge in [0.25, 0.3) is 0 Å². The maximum Gasteiger partial charge on any atom is 0.135 e. The van der Waals surface area contributed by atoms with Crippen molar-refractivity contribution in [2.75, 3.05) is 0 Å². The van der Waals surface area contributed by atoms with Gasteiger partial charge in [-0.2, -0.15) is 0 Å². The second kappa shape index (κ2) is 9.82. The molecular weight excluding hydrogens is 536 g/mol. The first-order chi connectivity index (χ1) is 21.8. The molecule has 3 heterocycles. The van der Waals surface area contributed by atoms with E-state index in [9.17, 15) is 0 Å². The van der Waals surface area contributed by atoms with Gasteiger partial charge in [0.05, 0.1) is 17.2 Å². The minimum atomic E-state index is 0.915. The molecule has 0 unspecified atom stereocenters. The van der Waals surface area contributed by atoms with Crippen molar-refractivity contribution in [2.45, 2.75) is 0 Å². The van der Waals surface area contributed by atoms with Crippen LogP contribution in [0, 0.1) is 0 Å². The van der Waals surface area contributed by atoms with Gasteiger partial charge in [-0.15, -0.1) is 0 Å². The average Bonchev–Trinajstić information content (AvgIpc) is 3.64. The molecule has 0 amide bonds. The van der Waals surface area contributed by atoms with Crippen molar-refractivity contribution in [2.24, 2.45) is 0 Å². The van der Waals surface area contributed by atoms with E-state index >= 15 is 0 Å². The lowest BCUT2D eigenvalue weighted by atomic mass is 9.95. The van der Waals surface area contributed by atoms with Crippen LogP contribution in [0.2, 0.25) is 0 Å². The summed E-state index contributed by atoms with van der Waals surface area (Å²) in [6.07, 6.45) is 3.83. The fourth-order valence-corrected chi connectivity index (χ4v) is 6.58. The van der Waals surface area contributed by atoms with Gasteiger partial charge in [0.1, 0.15) is 11.2 Å². The van der Waals surface area contributed by atoms with Gasteiger partial charge in [-0.25, -0.2) is 0 Å². The van der Waals surface area contributed by atoms with Crippen molar-refractivity contribution in [3.8, 4) is 39.1 Å². The molecule has 0 aliphatic carbocycles. The van der Waals surface area contributed by atoms with Crippen LogP contribution in [0.3, 0.4) is 0 Å². The number of para-hydroxylation sites is 2. The fourth-order valence-electron chi connectivity index (χ4n) is 6.58. The van der Waals surface area contributed by atoms with Crippen LogP contribution in [0.4, 0.5) is 0 Å². The Morgan fingerprint density at radius 3 is 1.77 bits per heavy atom. The number of hydrogen-bond donors (Lipinski definition) is 0. The normalized spacial score (nSPS) is 11.6. The summed E-state index contributed by atoms with van der Waals surface area (Å²) in [7, 11) is 0. The number of nitrogens with zero attached hydrogens (tertiary/aromatic N) is 2. The molecule has 0 aliphatic rings. The van der Waals surface area contributed by atoms with Gasteiger partial charge in [0, 0.05) is 33.4 Å². The van der Waals surface area contributed by atoms with Crippen LogP contribution in [0.1, 0.15) is 0 Å². The Balaban J connectivity index is 1.11. The van der Waals surface area contributed by atoms with E-state index < -0.39 is 0 Å². The van der Waals surface area contributed by atoms with Gasteiger partial charge in [0.15, 0.2) is 0 Å². The number of fused-ring (bicyclic) bond motifs is 6. The predicted molar refractivity (Wildman–Crippen MR) is 182 cm³/mol. The molecule has 0 aliphatic heterocycles. The number of furan rings is 1. The lowest BCUT2D eigenvalue weighted by Crippen LogP contribution is -1.94. The molecule has 6 aromatic carbocycles. The summed E-state index contributed by atoms with van der Waals surface area (Å²) in [5.41, 5.74) is 12.3. The van der Waals surface area contributed by atoms with E-state index in [1.54, 1.807) is 0 Å². The Morgan fingerprint density at radius 2 is 1.00 bits per heavy atom. The molecule has 0 atom stereocenters. The summed E-state index contributed by atoms with van der Waals surface area (Å²) in [4.78, 5) is 4.45. The molecule has 9 rings (SSSR count). The van der Waals surface area contributed by atoms with Crippen LogP contribution in [-0.4, -0.2) is 9.55 Å². The van der Waals surface area contributed by atoms with Crippen molar-refractivity contribution in [1.82, 2.24) is 9.55 Å². The molecule has 0 saturated carbocycles. The van der Waals surface area contributed by atoms with Gasteiger partial charge in [-0.1, -0.05) is 91.0 Å². The van der Waals surface area contributed by atoms with Crippen LogP contribution < -0.4 is 0 Å². The van der Waals surface area contributed by atoms with E-state index in [1.807, 2.05) is 24.5 Å². The molecular formula is C41H26N2O. The zero-order chi connectivity index (χ0) is 29.0. The molecule has 0 N–H and O–H groups in total. The largest absolute Gasteiger partial charge is 0.456 e. The molecule has 206 valence electrons. The SMILES string of the molecule is c1cc(-c2cccc(-c3ccc4oc5ccccc5c4c3)c2)cc(-c2cccc(-n3c4ccccc4c4ccncc43)c2)c1. The Bertz CT molecular complexity index is 2460. The van der Waals surface area contributed by atoms with Crippen LogP contribution in [0.25, 0.3) is 82.8 Å². The van der Waals surface area contributed by atoms with E-state index in [-0.39, 0.29) is 0 Å². The van der Waals surface area contributed by atoms with Crippen molar-refractivity contribution in [3.63, 3.8) is 0 Å². The zero-order valence-electron chi connectivity index (χ0n) is 23.8. The lowest BCUT2D eigenvalue weighted by Gasteiger charge is -2.11. The quantitative estimate of drug-likeness (QED) is 0.214. The van der Waals surface area contributed by atoms with Crippen LogP contribution >= 0.6 is 0 Å². The average molecular weight is 563 g/mol. The Hall–Kier alpha value is -5.93. The molecule has 3 nitrogen and oxygen atoms in total. The Labute approximate surface area is 254 Å². The van der Waals surface area contributed by atoms with Crippen molar-refractivity contribution in [1.29, 1.82) is 0 Å². The number of rotatable bonds is 4. The minimum Gasteiger partial charge on any atom is -0.456 e. The van der Waals surface area contributed by atoms with E-state index in [2.05, 4.69) is 143 Å². The van der Waals surface area contributed by atoms with Gasteiger partial charge in [0.2, 0.25) is 0 Å². The van der Waals surface area contributed by atoms with E-state index in [0.717, 1.165) is 33.1 Å². The third-order valence-corrected chi connectivity index (χ3v) is 8.68. The molecule has 0 fully saturated rings. The third-order valence-electron chi connectivity index (χ3n) is 8.68. The van der Waals surface area contributed by atoms with Crippen molar-refractivity contribution >= 4 is 43.7 Å². The summed E-state index contributed by atoms with van der Waals surface area (Å²) < 4.78 is 8.38. The number of benzene rings is 6. The van der Waals surface area contributed by atoms with Gasteiger partial charge < -0.3 is 8.98 Å². The van der Waals surface area contributed by atoms with Crippen LogP contribution in [-0.2, 0) is 0 Å². The first kappa shape index (κ1) is 24.6. The monoisotopic (exact) mass is 562 g/mol. The highest BCUT2D eigenvalue weighted by Gasteiger charge is 2.13. The Morgan fingerprint density at radius 1 is 0.409 bits per heavy atom. The summed E-state index contributed by atoms with van der Waals surface area (Å²) in [5, 5.41) is 4.73. The van der Waals surface area contributed by atoms with Crippen molar-refractivity contribution < 1.29 is 4.42 Å². The second-order valence-electron chi connectivity index (χ2n) is 11.3. The van der Waals surface area contributed by atoms with Crippen LogP contribution in [0.5, 0.6) is 0 Å². The fraction of sp³-hybridized carbons (Fsp3) is 0. The summed E-state index contributed by atoms with van der Waals surface area (Å²) in [6.45, 7) is 0. The van der Waals surface area contributed by atoms with Crippen molar-refractivity contribution in [3.05, 3.63) is 158 Å². The summed E-state index contributed by atoms with van der Waals surface area (Å²) in [6, 6.07) is 51.8. The zero-order valence-corrected chi connectivity index (χ0v) is 23.8. The topological polar surface area (TPSA) is 31.0 Å². The molecule has 0 radical (unpaired) electrons. The highest BCUT2D eigenvalue weighted by molar-refractivity contribution is 6.09. The number of aromatic nitrogens is 2. The predicted octanol–water partition coefficient (Wildman–Crippen LogP) is 11.1. The molecule has 9 aromatic rings. The molecule has 44 heavy (non-hydrogen) atoms. The smallest absolute Gasteiger partial charge is 0.135 e. The first-order valence-electron chi connectivity index (χ1n) is 14.9. The van der Waals surface area contributed by atoms with E-state index in [1.165, 1.54) is 49.7 Å². The molecule has 0 saturated heterocycles. The van der Waals surface area contributed by atoms with Crippen LogP contribution in [0.15, 0.2) is 162 Å². The minimum absolute atomic E-state index is 0.915.